The second kappa shape index (κ2) is 14.7. The molecule has 3 aromatic rings. The number of nitrogens with zero attached hydrogens (tertiary/aromatic N) is 3. The maximum Gasteiger partial charge on any atom is 0.408 e. The number of hydrogen-bond acceptors (Lipinski definition) is 9. The van der Waals surface area contributed by atoms with Crippen LogP contribution in [0.15, 0.2) is 72.4 Å². The van der Waals surface area contributed by atoms with Crippen molar-refractivity contribution in [3.63, 3.8) is 0 Å². The number of carbonyl (C=O) groups excluding carboxylic acids is 4. The van der Waals surface area contributed by atoms with Crippen LogP contribution in [0, 0.1) is 18.3 Å². The lowest BCUT2D eigenvalue weighted by molar-refractivity contribution is -0.142. The first-order valence-electron chi connectivity index (χ1n) is 19.1. The Bertz CT molecular complexity index is 2090. The summed E-state index contributed by atoms with van der Waals surface area (Å²) in [6.45, 7) is 12.5. The fourth-order valence-electron chi connectivity index (χ4n) is 8.43. The molecule has 2 aliphatic heterocycles. The second-order valence-electron chi connectivity index (χ2n) is 16.6. The molecule has 3 fully saturated rings. The number of ether oxygens (including phenoxy) is 1. The number of likely N-dealkylation sites (tertiary alicyclic amines) is 1. The van der Waals surface area contributed by atoms with E-state index in [9.17, 15) is 27.6 Å². The summed E-state index contributed by atoms with van der Waals surface area (Å²) in [6, 6.07) is 13.0. The normalized spacial score (nSPS) is 24.6. The molecule has 292 valence electrons. The van der Waals surface area contributed by atoms with Crippen molar-refractivity contribution in [3.05, 3.63) is 84.1 Å². The third-order valence-corrected chi connectivity index (χ3v) is 12.8. The van der Waals surface area contributed by atoms with Crippen LogP contribution in [-0.4, -0.2) is 83.3 Å². The van der Waals surface area contributed by atoms with Crippen molar-refractivity contribution in [2.45, 2.75) is 114 Å². The molecule has 7 rings (SSSR count). The summed E-state index contributed by atoms with van der Waals surface area (Å²) in [5, 5.41) is 7.74. The zero-order chi connectivity index (χ0) is 39.3. The van der Waals surface area contributed by atoms with Crippen LogP contribution >= 0.6 is 0 Å². The van der Waals surface area contributed by atoms with Gasteiger partial charge in [0.15, 0.2) is 5.03 Å². The summed E-state index contributed by atoms with van der Waals surface area (Å²) < 4.78 is 34.2. The van der Waals surface area contributed by atoms with Gasteiger partial charge in [0.2, 0.25) is 11.8 Å². The molecule has 1 saturated heterocycles. The van der Waals surface area contributed by atoms with Gasteiger partial charge in [0.1, 0.15) is 23.7 Å². The molecule has 14 heteroatoms. The lowest BCUT2D eigenvalue weighted by Gasteiger charge is -2.36. The van der Waals surface area contributed by atoms with E-state index in [2.05, 4.69) is 56.1 Å². The number of carbonyl (C=O) groups is 4. The molecule has 13 nitrogen and oxygen atoms in total. The zero-order valence-electron chi connectivity index (χ0n) is 31.8. The molecule has 2 saturated carbocycles. The Hall–Kier alpha value is -4.82. The summed E-state index contributed by atoms with van der Waals surface area (Å²) in [5.41, 5.74) is 0.698. The number of nitrogens with one attached hydrogen (secondary N) is 3. The molecule has 5 atom stereocenters. The van der Waals surface area contributed by atoms with Crippen LogP contribution in [0.3, 0.4) is 0 Å². The number of sulfonamides is 1. The van der Waals surface area contributed by atoms with Crippen LogP contribution in [0.4, 0.5) is 4.79 Å². The number of aryl methyl sites for hydroxylation is 1. The minimum Gasteiger partial charge on any atom is -0.446 e. The summed E-state index contributed by atoms with van der Waals surface area (Å²) in [7, 11) is -4.36. The van der Waals surface area contributed by atoms with Crippen LogP contribution in [-0.2, 0) is 42.2 Å². The van der Waals surface area contributed by atoms with Gasteiger partial charge in [0, 0.05) is 37.8 Å². The van der Waals surface area contributed by atoms with Gasteiger partial charge in [0.05, 0.1) is 0 Å². The van der Waals surface area contributed by atoms with E-state index in [4.69, 9.17) is 4.74 Å². The first-order chi connectivity index (χ1) is 26.1. The predicted octanol–water partition coefficient (Wildman–Crippen LogP) is 4.48. The highest BCUT2D eigenvalue weighted by Crippen LogP contribution is 2.45. The fourth-order valence-corrected chi connectivity index (χ4v) is 9.40. The monoisotopic (exact) mass is 770 g/mol. The standard InChI is InChI=1S/C41H50N6O7S/c1-6-29-20-41(29,38(50)45-55(52,53)33-18-17-25(2)21-42-33)44-36(48)32-19-30(46-22-27-13-9-11-26-12-10-14-28(23-46)34(26)27)24-47(32)37(49)35(40(3,4)5)43-39(51)54-31-15-7-8-16-31/h6,9-14,17-18,21,29-32,35H,1,7-8,15-16,19-20,22-24H2,2-5H3,(H,43,51)(H,44,48)(H,45,50)/t29-,30-,32+,35-,41-/m1/s1. The number of benzene rings is 2. The number of rotatable bonds is 10. The third kappa shape index (κ3) is 7.71. The maximum atomic E-state index is 14.7. The van der Waals surface area contributed by atoms with Crippen molar-refractivity contribution in [2.75, 3.05) is 6.54 Å². The van der Waals surface area contributed by atoms with Crippen molar-refractivity contribution in [3.8, 4) is 0 Å². The Morgan fingerprint density at radius 3 is 2.27 bits per heavy atom. The minimum absolute atomic E-state index is 0.126. The summed E-state index contributed by atoms with van der Waals surface area (Å²) in [4.78, 5) is 64.0. The van der Waals surface area contributed by atoms with Gasteiger partial charge < -0.3 is 20.3 Å². The van der Waals surface area contributed by atoms with Gasteiger partial charge in [-0.05, 0) is 84.4 Å². The first-order valence-corrected chi connectivity index (χ1v) is 20.5. The molecule has 0 bridgehead atoms. The van der Waals surface area contributed by atoms with E-state index in [1.54, 1.807) is 13.0 Å². The topological polar surface area (TPSA) is 167 Å². The Kier molecular flexibility index (Phi) is 10.3. The van der Waals surface area contributed by atoms with Crippen molar-refractivity contribution in [2.24, 2.45) is 11.3 Å². The van der Waals surface area contributed by atoms with Gasteiger partial charge in [-0.1, -0.05) is 69.3 Å². The molecule has 3 N–H and O–H groups in total. The minimum atomic E-state index is -4.36. The smallest absolute Gasteiger partial charge is 0.408 e. The maximum absolute atomic E-state index is 14.7. The number of amides is 4. The van der Waals surface area contributed by atoms with Crippen LogP contribution in [0.25, 0.3) is 10.8 Å². The van der Waals surface area contributed by atoms with E-state index in [-0.39, 0.29) is 36.6 Å². The van der Waals surface area contributed by atoms with Gasteiger partial charge in [-0.2, -0.15) is 8.42 Å². The van der Waals surface area contributed by atoms with Crippen molar-refractivity contribution in [1.29, 1.82) is 0 Å². The van der Waals surface area contributed by atoms with Crippen LogP contribution in [0.2, 0.25) is 0 Å². The van der Waals surface area contributed by atoms with Gasteiger partial charge in [-0.25, -0.2) is 14.5 Å². The zero-order valence-corrected chi connectivity index (χ0v) is 32.7. The molecule has 0 radical (unpaired) electrons. The molecule has 3 heterocycles. The number of pyridine rings is 1. The van der Waals surface area contributed by atoms with Gasteiger partial charge in [-0.3, -0.25) is 19.3 Å². The van der Waals surface area contributed by atoms with E-state index in [1.807, 2.05) is 32.9 Å². The number of hydrogen-bond donors (Lipinski definition) is 3. The van der Waals surface area contributed by atoms with E-state index >= 15 is 0 Å². The van der Waals surface area contributed by atoms with Crippen LogP contribution in [0.1, 0.15) is 76.0 Å². The summed E-state index contributed by atoms with van der Waals surface area (Å²) in [6.07, 6.45) is 5.88. The molecule has 2 aromatic carbocycles. The molecule has 1 aromatic heterocycles. The highest BCUT2D eigenvalue weighted by Gasteiger charge is 2.61. The van der Waals surface area contributed by atoms with E-state index in [0.717, 1.165) is 47.8 Å². The van der Waals surface area contributed by atoms with Crippen LogP contribution < -0.4 is 15.4 Å². The Morgan fingerprint density at radius 1 is 1.02 bits per heavy atom. The number of alkyl carbamates (subject to hydrolysis) is 1. The molecule has 55 heavy (non-hydrogen) atoms. The molecular formula is C41H50N6O7S. The Morgan fingerprint density at radius 2 is 1.69 bits per heavy atom. The Labute approximate surface area is 322 Å². The summed E-state index contributed by atoms with van der Waals surface area (Å²) >= 11 is 0. The number of aromatic nitrogens is 1. The predicted molar refractivity (Wildman–Crippen MR) is 206 cm³/mol. The van der Waals surface area contributed by atoms with E-state index < -0.39 is 62.8 Å². The lowest BCUT2D eigenvalue weighted by atomic mass is 9.85. The largest absolute Gasteiger partial charge is 0.446 e. The average molecular weight is 771 g/mol. The second-order valence-corrected chi connectivity index (χ2v) is 18.2. The van der Waals surface area contributed by atoms with Gasteiger partial charge >= 0.3 is 6.09 Å². The van der Waals surface area contributed by atoms with Gasteiger partial charge in [0.25, 0.3) is 15.9 Å². The van der Waals surface area contributed by atoms with Crippen molar-refractivity contribution >= 4 is 44.6 Å². The molecule has 2 aliphatic carbocycles. The molecular weight excluding hydrogens is 721 g/mol. The highest BCUT2D eigenvalue weighted by molar-refractivity contribution is 7.90. The molecule has 4 amide bonds. The Balaban J connectivity index is 1.16. The SMILES string of the molecule is C=C[C@@H]1C[C@]1(NC(=O)[C@@H]1C[C@@H](N2Cc3cccc4cccc(c34)C2)CN1C(=O)[C@@H](NC(=O)OC1CCCC1)C(C)(C)C)C(=O)NS(=O)(=O)c1ccc(C)cn1. The van der Waals surface area contributed by atoms with Gasteiger partial charge in [-0.15, -0.1) is 6.58 Å². The summed E-state index contributed by atoms with van der Waals surface area (Å²) in [5.74, 6) is -2.50. The highest BCUT2D eigenvalue weighted by atomic mass is 32.2. The quantitative estimate of drug-likeness (QED) is 0.252. The van der Waals surface area contributed by atoms with Crippen molar-refractivity contribution in [1.82, 2.24) is 30.1 Å². The molecule has 4 aliphatic rings. The van der Waals surface area contributed by atoms with Crippen LogP contribution in [0.5, 0.6) is 0 Å². The third-order valence-electron chi connectivity index (χ3n) is 11.6. The van der Waals surface area contributed by atoms with Crippen molar-refractivity contribution < 1.29 is 32.3 Å². The van der Waals surface area contributed by atoms with E-state index in [0.29, 0.717) is 13.1 Å². The lowest BCUT2D eigenvalue weighted by Crippen LogP contribution is -2.60. The molecule has 0 unspecified atom stereocenters. The average Bonchev–Trinajstić information content (AvgIpc) is 3.41. The first kappa shape index (κ1) is 38.5. The van der Waals surface area contributed by atoms with E-state index in [1.165, 1.54) is 28.6 Å². The fraction of sp³-hybridized carbons (Fsp3) is 0.488. The molecule has 0 spiro atoms.